The summed E-state index contributed by atoms with van der Waals surface area (Å²) in [6.07, 6.45) is 2.54. The third kappa shape index (κ3) is 4.13. The summed E-state index contributed by atoms with van der Waals surface area (Å²) < 4.78 is 0. The highest BCUT2D eigenvalue weighted by Crippen LogP contribution is 2.20. The van der Waals surface area contributed by atoms with E-state index >= 15 is 0 Å². The lowest BCUT2D eigenvalue weighted by atomic mass is 9.97. The Hall–Kier alpha value is -2.81. The monoisotopic (exact) mass is 384 g/mol. The van der Waals surface area contributed by atoms with Crippen molar-refractivity contribution in [1.82, 2.24) is 25.1 Å². The fraction of sp³-hybridized carbons (Fsp3) is 0.389. The molecule has 1 saturated heterocycles. The van der Waals surface area contributed by atoms with E-state index in [4.69, 9.17) is 0 Å². The number of anilines is 1. The van der Waals surface area contributed by atoms with Crippen LogP contribution in [0.2, 0.25) is 0 Å². The minimum Gasteiger partial charge on any atom is -0.342 e. The second-order valence-corrected chi connectivity index (χ2v) is 7.45. The van der Waals surface area contributed by atoms with Crippen LogP contribution in [0.3, 0.4) is 0 Å². The maximum atomic E-state index is 12.6. The van der Waals surface area contributed by atoms with Crippen LogP contribution in [0.5, 0.6) is 0 Å². The van der Waals surface area contributed by atoms with Gasteiger partial charge in [0.2, 0.25) is 16.9 Å². The highest BCUT2D eigenvalue weighted by Gasteiger charge is 2.28. The van der Waals surface area contributed by atoms with Crippen molar-refractivity contribution in [1.29, 1.82) is 0 Å². The number of aromatic amines is 1. The highest BCUT2D eigenvalue weighted by atomic mass is 32.1. The van der Waals surface area contributed by atoms with Gasteiger partial charge in [-0.05, 0) is 25.0 Å². The summed E-state index contributed by atoms with van der Waals surface area (Å²) in [4.78, 5) is 34.5. The Balaban J connectivity index is 1.32. The predicted molar refractivity (Wildman–Crippen MR) is 102 cm³/mol. The van der Waals surface area contributed by atoms with Gasteiger partial charge in [-0.3, -0.25) is 9.59 Å². The molecule has 0 saturated carbocycles. The van der Waals surface area contributed by atoms with Crippen molar-refractivity contribution in [2.24, 2.45) is 5.92 Å². The molecule has 0 spiro atoms. The van der Waals surface area contributed by atoms with Gasteiger partial charge >= 0.3 is 0 Å². The largest absolute Gasteiger partial charge is 0.342 e. The molecule has 4 rings (SSSR count). The number of hydrogen-bond acceptors (Lipinski definition) is 6. The molecule has 0 unspecified atom stereocenters. The quantitative estimate of drug-likeness (QED) is 0.702. The fourth-order valence-corrected chi connectivity index (χ4v) is 3.81. The van der Waals surface area contributed by atoms with E-state index in [2.05, 4.69) is 25.5 Å². The lowest BCUT2D eigenvalue weighted by Crippen LogP contribution is -2.43. The van der Waals surface area contributed by atoms with E-state index in [9.17, 15) is 9.59 Å². The molecule has 2 aromatic heterocycles. The topological polar surface area (TPSA) is 104 Å². The smallest absolute Gasteiger partial charge is 0.231 e. The van der Waals surface area contributed by atoms with Gasteiger partial charge in [0.25, 0.3) is 0 Å². The van der Waals surface area contributed by atoms with Gasteiger partial charge in [-0.2, -0.15) is 0 Å². The molecule has 9 heteroatoms. The fourth-order valence-electron chi connectivity index (χ4n) is 3.36. The first-order chi connectivity index (χ1) is 13.2. The number of benzene rings is 1. The number of imidazole rings is 1. The molecule has 3 aromatic rings. The van der Waals surface area contributed by atoms with E-state index in [0.717, 1.165) is 29.7 Å². The van der Waals surface area contributed by atoms with Crippen molar-refractivity contribution in [3.8, 4) is 0 Å². The standard InChI is InChI=1S/C18H20N6O2S/c25-16(8-7-15-20-13-5-1-2-6-14(13)21-15)24-9-3-4-12(10-24)17(26)22-18-23-19-11-27-18/h1-2,5-6,11-12H,3-4,7-10H2,(H,20,21)(H,22,23,26)/t12-/m0/s1. The summed E-state index contributed by atoms with van der Waals surface area (Å²) in [6.45, 7) is 1.14. The van der Waals surface area contributed by atoms with Crippen molar-refractivity contribution in [2.45, 2.75) is 25.7 Å². The second-order valence-electron chi connectivity index (χ2n) is 6.61. The number of aromatic nitrogens is 4. The minimum atomic E-state index is -0.210. The van der Waals surface area contributed by atoms with Gasteiger partial charge in [0.05, 0.1) is 17.0 Å². The number of nitrogens with zero attached hydrogens (tertiary/aromatic N) is 4. The molecule has 1 aliphatic rings. The summed E-state index contributed by atoms with van der Waals surface area (Å²) in [5.74, 6) is 0.565. The normalized spacial score (nSPS) is 17.2. The lowest BCUT2D eigenvalue weighted by Gasteiger charge is -2.31. The summed E-state index contributed by atoms with van der Waals surface area (Å²) in [5, 5.41) is 10.8. The minimum absolute atomic E-state index is 0.0591. The van der Waals surface area contributed by atoms with Gasteiger partial charge in [-0.15, -0.1) is 10.2 Å². The molecule has 2 amide bonds. The molecule has 1 aromatic carbocycles. The van der Waals surface area contributed by atoms with Crippen molar-refractivity contribution < 1.29 is 9.59 Å². The number of rotatable bonds is 5. The third-order valence-corrected chi connectivity index (χ3v) is 5.36. The SMILES string of the molecule is O=C(Nc1nncs1)[C@H]1CCCN(C(=O)CCc2nc3ccccc3[nH]2)C1. The van der Waals surface area contributed by atoms with Crippen molar-refractivity contribution >= 4 is 39.3 Å². The van der Waals surface area contributed by atoms with Gasteiger partial charge < -0.3 is 15.2 Å². The maximum absolute atomic E-state index is 12.6. The van der Waals surface area contributed by atoms with Gasteiger partial charge in [0, 0.05) is 25.9 Å². The molecule has 1 aliphatic heterocycles. The number of carbonyl (C=O) groups is 2. The van der Waals surface area contributed by atoms with Crippen molar-refractivity contribution in [2.75, 3.05) is 18.4 Å². The number of hydrogen-bond donors (Lipinski definition) is 2. The molecule has 3 heterocycles. The van der Waals surface area contributed by atoms with Crippen LogP contribution in [0.25, 0.3) is 11.0 Å². The third-order valence-electron chi connectivity index (χ3n) is 4.75. The van der Waals surface area contributed by atoms with E-state index in [1.165, 1.54) is 11.3 Å². The molecule has 0 bridgehead atoms. The highest BCUT2D eigenvalue weighted by molar-refractivity contribution is 7.13. The number of fused-ring (bicyclic) bond motifs is 1. The Bertz CT molecular complexity index is 905. The number of piperidine rings is 1. The molecule has 2 N–H and O–H groups in total. The molecule has 0 aliphatic carbocycles. The van der Waals surface area contributed by atoms with Crippen LogP contribution in [0.15, 0.2) is 29.8 Å². The average molecular weight is 384 g/mol. The summed E-state index contributed by atoms with van der Waals surface area (Å²) in [6, 6.07) is 7.82. The van der Waals surface area contributed by atoms with Crippen molar-refractivity contribution in [3.05, 3.63) is 35.6 Å². The van der Waals surface area contributed by atoms with E-state index in [-0.39, 0.29) is 17.7 Å². The molecule has 27 heavy (non-hydrogen) atoms. The first-order valence-corrected chi connectivity index (χ1v) is 9.85. The van der Waals surface area contributed by atoms with E-state index in [1.54, 1.807) is 10.4 Å². The number of nitrogens with one attached hydrogen (secondary N) is 2. The molecule has 1 atom stereocenters. The van der Waals surface area contributed by atoms with E-state index in [0.29, 0.717) is 31.1 Å². The second kappa shape index (κ2) is 7.83. The van der Waals surface area contributed by atoms with Gasteiger partial charge in [0.15, 0.2) is 0 Å². The summed E-state index contributed by atoms with van der Waals surface area (Å²) >= 11 is 1.28. The molecule has 0 radical (unpaired) electrons. The maximum Gasteiger partial charge on any atom is 0.231 e. The molecule has 1 fully saturated rings. The van der Waals surface area contributed by atoms with Crippen LogP contribution in [-0.4, -0.2) is 50.0 Å². The first kappa shape index (κ1) is 17.6. The zero-order valence-electron chi connectivity index (χ0n) is 14.7. The molecule has 8 nitrogen and oxygen atoms in total. The number of amides is 2. The average Bonchev–Trinajstić information content (AvgIpc) is 3.35. The number of para-hydroxylation sites is 2. The molecular weight excluding hydrogens is 364 g/mol. The number of likely N-dealkylation sites (tertiary alicyclic amines) is 1. The number of aryl methyl sites for hydroxylation is 1. The van der Waals surface area contributed by atoms with Crippen LogP contribution in [0.1, 0.15) is 25.1 Å². The van der Waals surface area contributed by atoms with Crippen LogP contribution in [0.4, 0.5) is 5.13 Å². The Kier molecular flexibility index (Phi) is 5.10. The van der Waals surface area contributed by atoms with Crippen LogP contribution in [-0.2, 0) is 16.0 Å². The zero-order valence-corrected chi connectivity index (χ0v) is 15.5. The van der Waals surface area contributed by atoms with Gasteiger partial charge in [0.1, 0.15) is 11.3 Å². The van der Waals surface area contributed by atoms with E-state index in [1.807, 2.05) is 24.3 Å². The Morgan fingerprint density at radius 2 is 2.22 bits per heavy atom. The van der Waals surface area contributed by atoms with Gasteiger partial charge in [-0.1, -0.05) is 23.5 Å². The number of carbonyl (C=O) groups excluding carboxylic acids is 2. The van der Waals surface area contributed by atoms with Crippen molar-refractivity contribution in [3.63, 3.8) is 0 Å². The predicted octanol–water partition coefficient (Wildman–Crippen LogP) is 2.22. The number of H-pyrrole nitrogens is 1. The molecule has 140 valence electrons. The Morgan fingerprint density at radius 3 is 3.04 bits per heavy atom. The first-order valence-electron chi connectivity index (χ1n) is 8.97. The Morgan fingerprint density at radius 1 is 1.33 bits per heavy atom. The summed E-state index contributed by atoms with van der Waals surface area (Å²) in [5.41, 5.74) is 3.46. The lowest BCUT2D eigenvalue weighted by molar-refractivity contribution is -0.134. The van der Waals surface area contributed by atoms with Crippen LogP contribution < -0.4 is 5.32 Å². The van der Waals surface area contributed by atoms with E-state index < -0.39 is 0 Å². The van der Waals surface area contributed by atoms with Crippen LogP contribution in [0, 0.1) is 5.92 Å². The summed E-state index contributed by atoms with van der Waals surface area (Å²) in [7, 11) is 0. The van der Waals surface area contributed by atoms with Gasteiger partial charge in [-0.25, -0.2) is 4.98 Å². The van der Waals surface area contributed by atoms with Crippen LogP contribution >= 0.6 is 11.3 Å². The molecular formula is C18H20N6O2S. The Labute approximate surface area is 160 Å². The zero-order chi connectivity index (χ0) is 18.6.